The predicted molar refractivity (Wildman–Crippen MR) is 99.1 cm³/mol. The standard InChI is InChI=1S/3C5H9Si.Al/c3*1-5-6(2,3)4;/h3*2-4H3;. The Balaban J connectivity index is 5.30. The molecule has 0 atom stereocenters. The zero-order valence-corrected chi connectivity index (χ0v) is 18.2. The smallest absolute Gasteiger partial charge is 0.176 e. The van der Waals surface area contributed by atoms with Crippen LogP contribution in [0.4, 0.5) is 0 Å². The van der Waals surface area contributed by atoms with Crippen molar-refractivity contribution in [2.75, 3.05) is 0 Å². The van der Waals surface area contributed by atoms with Gasteiger partial charge in [0.2, 0.25) is 0 Å². The lowest BCUT2D eigenvalue weighted by Gasteiger charge is -2.06. The Morgan fingerprint density at radius 1 is 0.474 bits per heavy atom. The minimum absolute atomic E-state index is 1.31. The van der Waals surface area contributed by atoms with Crippen molar-refractivity contribution in [3.05, 3.63) is 0 Å². The van der Waals surface area contributed by atoms with E-state index in [4.69, 9.17) is 0 Å². The molecule has 0 aromatic heterocycles. The van der Waals surface area contributed by atoms with E-state index in [1.807, 2.05) is 0 Å². The van der Waals surface area contributed by atoms with Crippen LogP contribution in [0.2, 0.25) is 58.9 Å². The van der Waals surface area contributed by atoms with Crippen molar-refractivity contribution >= 4 is 38.4 Å². The molecule has 102 valence electrons. The summed E-state index contributed by atoms with van der Waals surface area (Å²) in [6.45, 7) is 20.5. The molecule has 0 bridgehead atoms. The second-order valence-corrected chi connectivity index (χ2v) is 24.0. The van der Waals surface area contributed by atoms with Crippen molar-refractivity contribution in [1.82, 2.24) is 0 Å². The van der Waals surface area contributed by atoms with E-state index >= 15 is 0 Å². The van der Waals surface area contributed by atoms with Crippen LogP contribution in [0.25, 0.3) is 0 Å². The lowest BCUT2D eigenvalue weighted by Crippen LogP contribution is -2.22. The summed E-state index contributed by atoms with van der Waals surface area (Å²) in [5.41, 5.74) is 10.4. The summed E-state index contributed by atoms with van der Waals surface area (Å²) >= 11 is -1.51. The fourth-order valence-corrected chi connectivity index (χ4v) is 8.12. The van der Waals surface area contributed by atoms with Crippen LogP contribution in [-0.4, -0.2) is 38.4 Å². The Morgan fingerprint density at radius 2 is 0.684 bits per heavy atom. The van der Waals surface area contributed by atoms with Gasteiger partial charge in [-0.25, -0.2) is 0 Å². The molecule has 4 heteroatoms. The maximum Gasteiger partial charge on any atom is 0.572 e. The molecular formula is C15H27AlSi3. The van der Waals surface area contributed by atoms with Crippen LogP contribution in [0.1, 0.15) is 0 Å². The van der Waals surface area contributed by atoms with Gasteiger partial charge < -0.3 is 0 Å². The fraction of sp³-hybridized carbons (Fsp3) is 0.600. The summed E-state index contributed by atoms with van der Waals surface area (Å²) < 4.78 is 0. The molecule has 0 aromatic carbocycles. The highest BCUT2D eigenvalue weighted by Crippen LogP contribution is 2.00. The number of rotatable bonds is 0. The second kappa shape index (κ2) is 7.04. The molecule has 0 aliphatic carbocycles. The maximum absolute atomic E-state index is 3.47. The first-order valence-corrected chi connectivity index (χ1v) is 19.1. The summed E-state index contributed by atoms with van der Waals surface area (Å²) in [5.74, 6) is 0. The van der Waals surface area contributed by atoms with E-state index in [0.717, 1.165) is 0 Å². The van der Waals surface area contributed by atoms with E-state index in [0.29, 0.717) is 0 Å². The predicted octanol–water partition coefficient (Wildman–Crippen LogP) is 3.74. The minimum atomic E-state index is -1.51. The third-order valence-electron chi connectivity index (χ3n) is 1.77. The third kappa shape index (κ3) is 14.1. The summed E-state index contributed by atoms with van der Waals surface area (Å²) in [6.07, 6.45) is 0. The lowest BCUT2D eigenvalue weighted by atomic mass is 11.3. The monoisotopic (exact) mass is 318 g/mol. The van der Waals surface area contributed by atoms with Gasteiger partial charge in [0.25, 0.3) is 0 Å². The normalized spacial score (nSPS) is 11.2. The first kappa shape index (κ1) is 18.9. The largest absolute Gasteiger partial charge is 0.572 e. The summed E-state index contributed by atoms with van der Waals surface area (Å²) in [7, 11) is -3.93. The van der Waals surface area contributed by atoms with Gasteiger partial charge in [-0.05, 0) is 0 Å². The quantitative estimate of drug-likeness (QED) is 0.471. The minimum Gasteiger partial charge on any atom is -0.176 e. The molecule has 0 aromatic rings. The highest BCUT2D eigenvalue weighted by Gasteiger charge is 2.16. The maximum atomic E-state index is 3.47. The highest BCUT2D eigenvalue weighted by molar-refractivity contribution is 6.92. The molecule has 0 N–H and O–H groups in total. The fourth-order valence-electron chi connectivity index (χ4n) is 0.974. The van der Waals surface area contributed by atoms with Gasteiger partial charge in [0, 0.05) is 0 Å². The second-order valence-electron chi connectivity index (χ2n) is 7.99. The van der Waals surface area contributed by atoms with E-state index in [9.17, 15) is 0 Å². The molecule has 0 unspecified atom stereocenters. The van der Waals surface area contributed by atoms with E-state index in [1.54, 1.807) is 0 Å². The molecule has 0 radical (unpaired) electrons. The van der Waals surface area contributed by atoms with Crippen LogP contribution in [0.3, 0.4) is 0 Å². The van der Waals surface area contributed by atoms with Gasteiger partial charge in [0.15, 0.2) is 0 Å². The van der Waals surface area contributed by atoms with Crippen molar-refractivity contribution in [3.63, 3.8) is 0 Å². The van der Waals surface area contributed by atoms with Gasteiger partial charge in [-0.2, -0.15) is 31.0 Å². The Morgan fingerprint density at radius 3 is 0.842 bits per heavy atom. The Labute approximate surface area is 128 Å². The van der Waals surface area contributed by atoms with Crippen molar-refractivity contribution in [2.24, 2.45) is 0 Å². The Kier molecular flexibility index (Phi) is 6.99. The van der Waals surface area contributed by atoms with Crippen LogP contribution in [0, 0.1) is 31.0 Å². The molecule has 0 nitrogen and oxygen atoms in total. The molecule has 0 saturated heterocycles. The average Bonchev–Trinajstić information content (AvgIpc) is 2.11. The Hall–Kier alpha value is -0.137. The van der Waals surface area contributed by atoms with Crippen molar-refractivity contribution in [1.29, 1.82) is 0 Å². The van der Waals surface area contributed by atoms with E-state index in [1.165, 1.54) is 0 Å². The zero-order valence-electron chi connectivity index (χ0n) is 14.1. The van der Waals surface area contributed by atoms with Crippen LogP contribution in [0.5, 0.6) is 0 Å². The molecule has 0 aliphatic rings. The Bertz CT molecular complexity index is 406. The summed E-state index contributed by atoms with van der Waals surface area (Å²) in [4.78, 5) is 10.4. The first-order chi connectivity index (χ1) is 8.29. The molecular weight excluding hydrogens is 291 g/mol. The average molecular weight is 319 g/mol. The number of hydrogen-bond donors (Lipinski definition) is 0. The number of hydrogen-bond acceptors (Lipinski definition) is 0. The molecule has 0 heterocycles. The summed E-state index contributed by atoms with van der Waals surface area (Å²) in [6, 6.07) is 0. The van der Waals surface area contributed by atoms with Gasteiger partial charge in [0.1, 0.15) is 24.2 Å². The molecule has 0 saturated carbocycles. The SMILES string of the molecule is C[Si](C)(C)C#[C][Al]([C]#C[Si](C)(C)C)[C]#C[Si](C)(C)C. The van der Waals surface area contributed by atoms with Crippen molar-refractivity contribution < 1.29 is 0 Å². The topological polar surface area (TPSA) is 0 Å². The van der Waals surface area contributed by atoms with Gasteiger partial charge in [-0.15, -0.1) is 0 Å². The zero-order chi connectivity index (χ0) is 15.3. The van der Waals surface area contributed by atoms with E-state index in [2.05, 4.69) is 89.9 Å². The first-order valence-electron chi connectivity index (χ1n) is 6.87. The van der Waals surface area contributed by atoms with Crippen LogP contribution in [0.15, 0.2) is 0 Å². The van der Waals surface area contributed by atoms with Gasteiger partial charge >= 0.3 is 14.1 Å². The molecule has 0 amide bonds. The molecule has 0 fully saturated rings. The molecule has 19 heavy (non-hydrogen) atoms. The molecule has 0 rings (SSSR count). The molecule has 0 aliphatic heterocycles. The van der Waals surface area contributed by atoms with Gasteiger partial charge in [-0.1, -0.05) is 58.9 Å². The van der Waals surface area contributed by atoms with Crippen LogP contribution < -0.4 is 0 Å². The summed E-state index contributed by atoms with van der Waals surface area (Å²) in [5, 5.41) is 0. The molecule has 0 spiro atoms. The van der Waals surface area contributed by atoms with E-state index < -0.39 is 38.4 Å². The lowest BCUT2D eigenvalue weighted by molar-refractivity contribution is 1.81. The highest BCUT2D eigenvalue weighted by atomic mass is 28.3. The van der Waals surface area contributed by atoms with Crippen molar-refractivity contribution in [2.45, 2.75) is 58.9 Å². The van der Waals surface area contributed by atoms with Crippen LogP contribution in [-0.2, 0) is 0 Å². The third-order valence-corrected chi connectivity index (χ3v) is 6.62. The van der Waals surface area contributed by atoms with Crippen molar-refractivity contribution in [3.8, 4) is 31.0 Å². The van der Waals surface area contributed by atoms with Crippen LogP contribution >= 0.6 is 0 Å². The van der Waals surface area contributed by atoms with E-state index in [-0.39, 0.29) is 0 Å². The van der Waals surface area contributed by atoms with Gasteiger partial charge in [0.05, 0.1) is 0 Å². The van der Waals surface area contributed by atoms with Gasteiger partial charge in [-0.3, -0.25) is 0 Å².